The van der Waals surface area contributed by atoms with Crippen LogP contribution < -0.4 is 10.1 Å². The van der Waals surface area contributed by atoms with Gasteiger partial charge < -0.3 is 10.1 Å². The molecule has 0 saturated heterocycles. The van der Waals surface area contributed by atoms with E-state index in [0.29, 0.717) is 18.0 Å². The molecule has 3 heterocycles. The fourth-order valence-corrected chi connectivity index (χ4v) is 2.96. The van der Waals surface area contributed by atoms with Crippen LogP contribution in [-0.2, 0) is 6.61 Å². The normalized spacial score (nSPS) is 11.6. The van der Waals surface area contributed by atoms with Gasteiger partial charge in [0.1, 0.15) is 24.5 Å². The van der Waals surface area contributed by atoms with E-state index in [1.807, 2.05) is 43.3 Å². The average Bonchev–Trinajstić information content (AvgIpc) is 3.34. The summed E-state index contributed by atoms with van der Waals surface area (Å²) in [6.07, 6.45) is 10.2. The maximum absolute atomic E-state index is 12.7. The second-order valence-electron chi connectivity index (χ2n) is 6.79. The maximum Gasteiger partial charge on any atom is 0.251 e. The number of aromatic nitrogens is 4. The van der Waals surface area contributed by atoms with Crippen LogP contribution in [0.1, 0.15) is 34.5 Å². The van der Waals surface area contributed by atoms with Gasteiger partial charge in [0.15, 0.2) is 0 Å². The molecule has 0 saturated carbocycles. The first kappa shape index (κ1) is 19.3. The number of nitrogens with zero attached hydrogens (tertiary/aromatic N) is 4. The first-order chi connectivity index (χ1) is 14.7. The van der Waals surface area contributed by atoms with Gasteiger partial charge in [-0.3, -0.25) is 14.3 Å². The van der Waals surface area contributed by atoms with Crippen LogP contribution in [0.5, 0.6) is 5.75 Å². The number of hydrogen-bond donors (Lipinski definition) is 1. The van der Waals surface area contributed by atoms with Crippen molar-refractivity contribution in [3.05, 3.63) is 103 Å². The highest BCUT2D eigenvalue weighted by Gasteiger charge is 2.13. The van der Waals surface area contributed by atoms with Crippen molar-refractivity contribution in [2.75, 3.05) is 0 Å². The molecule has 4 aromatic rings. The van der Waals surface area contributed by atoms with Gasteiger partial charge in [-0.05, 0) is 42.8 Å². The fraction of sp³-hybridized carbons (Fsp3) is 0.130. The molecule has 0 spiro atoms. The highest BCUT2D eigenvalue weighted by Crippen LogP contribution is 2.19. The Morgan fingerprint density at radius 3 is 2.70 bits per heavy atom. The number of amides is 1. The topological polar surface area (TPSA) is 81.9 Å². The lowest BCUT2D eigenvalue weighted by Crippen LogP contribution is -2.26. The Hall–Kier alpha value is -4.00. The highest BCUT2D eigenvalue weighted by molar-refractivity contribution is 5.94. The molecule has 3 aromatic heterocycles. The van der Waals surface area contributed by atoms with Gasteiger partial charge in [-0.2, -0.15) is 0 Å². The van der Waals surface area contributed by atoms with Crippen LogP contribution in [0.4, 0.5) is 0 Å². The Morgan fingerprint density at radius 1 is 1.10 bits per heavy atom. The van der Waals surface area contributed by atoms with Crippen molar-refractivity contribution in [3.8, 4) is 11.6 Å². The molecular formula is C23H21N5O2. The molecular weight excluding hydrogens is 378 g/mol. The molecule has 150 valence electrons. The predicted molar refractivity (Wildman–Crippen MR) is 112 cm³/mol. The largest absolute Gasteiger partial charge is 0.489 e. The van der Waals surface area contributed by atoms with Crippen LogP contribution in [0.2, 0.25) is 0 Å². The summed E-state index contributed by atoms with van der Waals surface area (Å²) < 4.78 is 7.54. The molecule has 1 N–H and O–H groups in total. The number of pyridine rings is 2. The molecule has 0 fully saturated rings. The molecule has 1 amide bonds. The van der Waals surface area contributed by atoms with Crippen LogP contribution in [0.15, 0.2) is 85.8 Å². The maximum atomic E-state index is 12.7. The number of rotatable bonds is 7. The highest BCUT2D eigenvalue weighted by atomic mass is 16.5. The van der Waals surface area contributed by atoms with E-state index in [0.717, 1.165) is 16.9 Å². The molecule has 0 bridgehead atoms. The zero-order valence-corrected chi connectivity index (χ0v) is 16.5. The van der Waals surface area contributed by atoms with Gasteiger partial charge in [-0.15, -0.1) is 0 Å². The van der Waals surface area contributed by atoms with Gasteiger partial charge in [0.2, 0.25) is 0 Å². The molecule has 7 nitrogen and oxygen atoms in total. The van der Waals surface area contributed by atoms with Crippen molar-refractivity contribution >= 4 is 5.91 Å². The molecule has 0 aliphatic carbocycles. The zero-order valence-electron chi connectivity index (χ0n) is 16.5. The second kappa shape index (κ2) is 9.00. The van der Waals surface area contributed by atoms with Crippen LogP contribution in [0.3, 0.4) is 0 Å². The Morgan fingerprint density at radius 2 is 1.97 bits per heavy atom. The zero-order chi connectivity index (χ0) is 20.8. The Balaban J connectivity index is 1.37. The summed E-state index contributed by atoms with van der Waals surface area (Å²) in [6.45, 7) is 2.40. The van der Waals surface area contributed by atoms with Gasteiger partial charge >= 0.3 is 0 Å². The Kier molecular flexibility index (Phi) is 5.80. The first-order valence-corrected chi connectivity index (χ1v) is 9.56. The van der Waals surface area contributed by atoms with E-state index in [2.05, 4.69) is 20.3 Å². The van der Waals surface area contributed by atoms with Gasteiger partial charge in [0.25, 0.3) is 5.91 Å². The monoisotopic (exact) mass is 399 g/mol. The second-order valence-corrected chi connectivity index (χ2v) is 6.79. The molecule has 4 rings (SSSR count). The lowest BCUT2D eigenvalue weighted by Gasteiger charge is -2.15. The van der Waals surface area contributed by atoms with E-state index < -0.39 is 0 Å². The number of hydrogen-bond acceptors (Lipinski definition) is 5. The lowest BCUT2D eigenvalue weighted by atomic mass is 10.1. The summed E-state index contributed by atoms with van der Waals surface area (Å²) >= 11 is 0. The van der Waals surface area contributed by atoms with Crippen molar-refractivity contribution < 1.29 is 9.53 Å². The minimum absolute atomic E-state index is 0.158. The van der Waals surface area contributed by atoms with Gasteiger partial charge in [-0.1, -0.05) is 18.2 Å². The Bertz CT molecular complexity index is 1100. The van der Waals surface area contributed by atoms with E-state index in [1.165, 1.54) is 0 Å². The Labute approximate surface area is 174 Å². The summed E-state index contributed by atoms with van der Waals surface area (Å²) in [5.74, 6) is 1.24. The molecule has 7 heteroatoms. The van der Waals surface area contributed by atoms with Crippen LogP contribution >= 0.6 is 0 Å². The third-order valence-corrected chi connectivity index (χ3v) is 4.63. The minimum Gasteiger partial charge on any atom is -0.489 e. The molecule has 0 radical (unpaired) electrons. The third-order valence-electron chi connectivity index (χ3n) is 4.63. The van der Waals surface area contributed by atoms with Gasteiger partial charge in [0, 0.05) is 42.1 Å². The molecule has 0 aliphatic heterocycles. The van der Waals surface area contributed by atoms with Crippen LogP contribution in [0, 0.1) is 0 Å². The number of imidazole rings is 1. The number of benzene rings is 1. The van der Waals surface area contributed by atoms with Crippen LogP contribution in [-0.4, -0.2) is 25.4 Å². The quantitative estimate of drug-likeness (QED) is 0.512. The molecule has 1 unspecified atom stereocenters. The lowest BCUT2D eigenvalue weighted by molar-refractivity contribution is 0.0939. The number of ether oxygens (including phenoxy) is 1. The molecule has 1 aromatic carbocycles. The van der Waals surface area contributed by atoms with Crippen molar-refractivity contribution in [3.63, 3.8) is 0 Å². The van der Waals surface area contributed by atoms with E-state index in [1.54, 1.807) is 54.0 Å². The summed E-state index contributed by atoms with van der Waals surface area (Å²) in [6, 6.07) is 14.8. The van der Waals surface area contributed by atoms with E-state index in [-0.39, 0.29) is 11.9 Å². The van der Waals surface area contributed by atoms with Crippen molar-refractivity contribution in [1.82, 2.24) is 24.8 Å². The summed E-state index contributed by atoms with van der Waals surface area (Å²) in [5, 5.41) is 3.02. The fourth-order valence-electron chi connectivity index (χ4n) is 2.96. The number of nitrogens with one attached hydrogen (secondary N) is 1. The van der Waals surface area contributed by atoms with Crippen molar-refractivity contribution in [2.45, 2.75) is 19.6 Å². The third kappa shape index (κ3) is 4.70. The molecule has 0 aliphatic rings. The predicted octanol–water partition coefficient (Wildman–Crippen LogP) is 3.73. The van der Waals surface area contributed by atoms with E-state index in [4.69, 9.17) is 4.74 Å². The van der Waals surface area contributed by atoms with E-state index in [9.17, 15) is 4.79 Å². The van der Waals surface area contributed by atoms with Crippen LogP contribution in [0.25, 0.3) is 5.82 Å². The SMILES string of the molecule is CC(NC(=O)c1ccnc(-n2ccnc2)c1)c1ccc(OCc2cccnc2)cc1. The van der Waals surface area contributed by atoms with Gasteiger partial charge in [-0.25, -0.2) is 9.97 Å². The first-order valence-electron chi connectivity index (χ1n) is 9.56. The number of carbonyl (C=O) groups excluding carboxylic acids is 1. The smallest absolute Gasteiger partial charge is 0.251 e. The minimum atomic E-state index is -0.164. The standard InChI is InChI=1S/C23H21N5O2/c1-17(19-4-6-21(7-5-19)30-15-18-3-2-9-24-14-18)27-23(29)20-8-10-26-22(13-20)28-12-11-25-16-28/h2-14,16-17H,15H2,1H3,(H,27,29). The van der Waals surface area contributed by atoms with Gasteiger partial charge in [0.05, 0.1) is 6.04 Å². The molecule has 1 atom stereocenters. The van der Waals surface area contributed by atoms with E-state index >= 15 is 0 Å². The number of carbonyl (C=O) groups is 1. The molecule has 30 heavy (non-hydrogen) atoms. The summed E-state index contributed by atoms with van der Waals surface area (Å²) in [4.78, 5) is 25.0. The average molecular weight is 399 g/mol. The van der Waals surface area contributed by atoms with Crippen molar-refractivity contribution in [1.29, 1.82) is 0 Å². The summed E-state index contributed by atoms with van der Waals surface area (Å²) in [7, 11) is 0. The van der Waals surface area contributed by atoms with Crippen molar-refractivity contribution in [2.24, 2.45) is 0 Å². The summed E-state index contributed by atoms with van der Waals surface area (Å²) in [5.41, 5.74) is 2.53.